The van der Waals surface area contributed by atoms with Crippen molar-refractivity contribution in [3.05, 3.63) is 52.1 Å². The molecule has 3 aromatic rings. The van der Waals surface area contributed by atoms with Crippen molar-refractivity contribution in [3.8, 4) is 12.0 Å². The molecule has 0 radical (unpaired) electrons. The molecule has 1 N–H and O–H groups in total. The fourth-order valence-electron chi connectivity index (χ4n) is 2.64. The molecule has 0 saturated carbocycles. The molecule has 3 rings (SSSR count). The maximum atomic E-state index is 8.69. The highest BCUT2D eigenvalue weighted by Crippen LogP contribution is 2.14. The lowest BCUT2D eigenvalue weighted by Crippen LogP contribution is -2.17. The average Bonchev–Trinajstić information content (AvgIpc) is 3.19. The number of nitrogens with zero attached hydrogens (tertiary/aromatic N) is 7. The van der Waals surface area contributed by atoms with E-state index in [1.165, 1.54) is 0 Å². The third kappa shape index (κ3) is 4.12. The summed E-state index contributed by atoms with van der Waals surface area (Å²) in [4.78, 5) is 2.04. The Hall–Kier alpha value is -3.25. The normalized spacial score (nSPS) is 11.0. The lowest BCUT2D eigenvalue weighted by atomic mass is 10.2. The molecule has 2 heterocycles. The van der Waals surface area contributed by atoms with Crippen LogP contribution < -0.4 is 4.90 Å². The Kier molecular flexibility index (Phi) is 5.47. The average molecular weight is 380 g/mol. The van der Waals surface area contributed by atoms with Gasteiger partial charge in [0.05, 0.1) is 24.4 Å². The van der Waals surface area contributed by atoms with E-state index in [1.54, 1.807) is 15.6 Å². The quantitative estimate of drug-likeness (QED) is 0.524. The Morgan fingerprint density at radius 3 is 2.70 bits per heavy atom. The van der Waals surface area contributed by atoms with Gasteiger partial charge in [-0.3, -0.25) is 0 Å². The minimum absolute atomic E-state index is 0.390. The molecule has 138 valence electrons. The second kappa shape index (κ2) is 7.97. The minimum Gasteiger partial charge on any atom is -0.374 e. The molecule has 27 heavy (non-hydrogen) atoms. The first-order valence-corrected chi connectivity index (χ1v) is 8.84. The topological polar surface area (TPSA) is 90.8 Å². The highest BCUT2D eigenvalue weighted by molar-refractivity contribution is 7.71. The summed E-state index contributed by atoms with van der Waals surface area (Å²) in [7, 11) is 1.96. The Morgan fingerprint density at radius 2 is 2.07 bits per heavy atom. The second-order valence-corrected chi connectivity index (χ2v) is 6.53. The Morgan fingerprint density at radius 1 is 1.33 bits per heavy atom. The molecule has 0 atom stereocenters. The number of aromatic nitrogens is 5. The number of aromatic amines is 1. The molecule has 0 saturated heterocycles. The molecule has 0 unspecified atom stereocenters. The molecule has 0 aliphatic carbocycles. The summed E-state index contributed by atoms with van der Waals surface area (Å²) in [6, 6.07) is 12.0. The zero-order valence-corrected chi connectivity index (χ0v) is 16.2. The van der Waals surface area contributed by atoms with Crippen molar-refractivity contribution in [2.45, 2.75) is 20.3 Å². The SMILES string of the molecule is Cc1cc(C)n(-c2n[nH]c(=S)n2/N=C\c2ccc(N(C)CCC#N)cc2)n1. The number of anilines is 1. The lowest BCUT2D eigenvalue weighted by Gasteiger charge is -2.17. The number of hydrogen-bond acceptors (Lipinski definition) is 6. The van der Waals surface area contributed by atoms with Crippen LogP contribution in [0.2, 0.25) is 0 Å². The van der Waals surface area contributed by atoms with Crippen LogP contribution in [0.25, 0.3) is 5.95 Å². The monoisotopic (exact) mass is 380 g/mol. The van der Waals surface area contributed by atoms with Crippen molar-refractivity contribution in [1.29, 1.82) is 5.26 Å². The summed E-state index contributed by atoms with van der Waals surface area (Å²) < 4.78 is 3.63. The zero-order chi connectivity index (χ0) is 19.4. The van der Waals surface area contributed by atoms with Crippen molar-refractivity contribution in [3.63, 3.8) is 0 Å². The van der Waals surface area contributed by atoms with E-state index in [-0.39, 0.29) is 0 Å². The maximum absolute atomic E-state index is 8.69. The van der Waals surface area contributed by atoms with E-state index in [0.717, 1.165) is 22.6 Å². The number of hydrogen-bond donors (Lipinski definition) is 1. The van der Waals surface area contributed by atoms with Gasteiger partial charge < -0.3 is 4.90 Å². The third-order valence-electron chi connectivity index (χ3n) is 4.05. The number of H-pyrrole nitrogens is 1. The molecule has 0 spiro atoms. The minimum atomic E-state index is 0.390. The highest BCUT2D eigenvalue weighted by Gasteiger charge is 2.11. The summed E-state index contributed by atoms with van der Waals surface area (Å²) in [5, 5.41) is 24.6. The van der Waals surface area contributed by atoms with Crippen molar-refractivity contribution in [2.24, 2.45) is 5.10 Å². The van der Waals surface area contributed by atoms with Crippen LogP contribution in [0.3, 0.4) is 0 Å². The summed E-state index contributed by atoms with van der Waals surface area (Å²) in [6.07, 6.45) is 2.22. The summed E-state index contributed by atoms with van der Waals surface area (Å²) in [6.45, 7) is 4.57. The van der Waals surface area contributed by atoms with E-state index in [2.05, 4.69) is 26.5 Å². The number of nitriles is 1. The van der Waals surface area contributed by atoms with E-state index in [1.807, 2.05) is 56.1 Å². The zero-order valence-electron chi connectivity index (χ0n) is 15.4. The summed E-state index contributed by atoms with van der Waals surface area (Å²) in [5.74, 6) is 0.509. The van der Waals surface area contributed by atoms with E-state index in [9.17, 15) is 0 Å². The van der Waals surface area contributed by atoms with Gasteiger partial charge in [0.1, 0.15) is 0 Å². The first kappa shape index (κ1) is 18.5. The number of benzene rings is 1. The van der Waals surface area contributed by atoms with Gasteiger partial charge in [-0.25, -0.2) is 9.78 Å². The molecule has 0 bridgehead atoms. The van der Waals surface area contributed by atoms with Crippen molar-refractivity contribution in [2.75, 3.05) is 18.5 Å². The van der Waals surface area contributed by atoms with Crippen molar-refractivity contribution < 1.29 is 0 Å². The van der Waals surface area contributed by atoms with Crippen LogP contribution in [0.1, 0.15) is 23.4 Å². The maximum Gasteiger partial charge on any atom is 0.271 e. The van der Waals surface area contributed by atoms with Gasteiger partial charge in [-0.15, -0.1) is 5.10 Å². The molecule has 8 nitrogen and oxygen atoms in total. The van der Waals surface area contributed by atoms with Gasteiger partial charge in [0, 0.05) is 25.0 Å². The summed E-state index contributed by atoms with van der Waals surface area (Å²) >= 11 is 5.29. The molecule has 0 amide bonds. The summed E-state index contributed by atoms with van der Waals surface area (Å²) in [5.41, 5.74) is 3.82. The molecule has 0 aliphatic rings. The van der Waals surface area contributed by atoms with Gasteiger partial charge >= 0.3 is 0 Å². The van der Waals surface area contributed by atoms with Gasteiger partial charge in [-0.05, 0) is 49.8 Å². The van der Waals surface area contributed by atoms with Gasteiger partial charge in [0.25, 0.3) is 5.95 Å². The standard InChI is InChI=1S/C18H20N8S/c1-13-11-14(2)25(23-13)17-21-22-18(27)26(17)20-12-15-5-7-16(8-6-15)24(3)10-4-9-19/h5-8,11-12H,4,10H2,1-3H3,(H,22,27)/b20-12-. The second-order valence-electron chi connectivity index (χ2n) is 6.15. The fraction of sp³-hybridized carbons (Fsp3) is 0.278. The first-order chi connectivity index (χ1) is 13.0. The molecule has 0 aliphatic heterocycles. The van der Waals surface area contributed by atoms with Crippen LogP contribution >= 0.6 is 12.2 Å². The van der Waals surface area contributed by atoms with Crippen molar-refractivity contribution in [1.82, 2.24) is 24.7 Å². The predicted molar refractivity (Wildman–Crippen MR) is 107 cm³/mol. The third-order valence-corrected chi connectivity index (χ3v) is 4.31. The number of aryl methyl sites for hydroxylation is 2. The molecule has 0 fully saturated rings. The van der Waals surface area contributed by atoms with Crippen LogP contribution in [-0.2, 0) is 0 Å². The van der Waals surface area contributed by atoms with Crippen LogP contribution in [0.15, 0.2) is 35.4 Å². The smallest absolute Gasteiger partial charge is 0.271 e. The number of nitrogens with one attached hydrogen (secondary N) is 1. The van der Waals surface area contributed by atoms with Gasteiger partial charge in [0.2, 0.25) is 4.77 Å². The lowest BCUT2D eigenvalue weighted by molar-refractivity contribution is 0.714. The Labute approximate surface area is 162 Å². The fourth-order valence-corrected chi connectivity index (χ4v) is 2.82. The molecular formula is C18H20N8S. The highest BCUT2D eigenvalue weighted by atomic mass is 32.1. The molecule has 2 aromatic heterocycles. The van der Waals surface area contributed by atoms with Crippen LogP contribution in [0, 0.1) is 29.9 Å². The molecular weight excluding hydrogens is 360 g/mol. The predicted octanol–water partition coefficient (Wildman–Crippen LogP) is 2.98. The Balaban J connectivity index is 1.83. The Bertz CT molecular complexity index is 1050. The van der Waals surface area contributed by atoms with Gasteiger partial charge in [0.15, 0.2) is 0 Å². The van der Waals surface area contributed by atoms with E-state index < -0.39 is 0 Å². The van der Waals surface area contributed by atoms with Crippen molar-refractivity contribution >= 4 is 24.1 Å². The number of rotatable bonds is 6. The molecule has 1 aromatic carbocycles. The van der Waals surface area contributed by atoms with Gasteiger partial charge in [-0.2, -0.15) is 20.1 Å². The van der Waals surface area contributed by atoms with Crippen LogP contribution in [0.5, 0.6) is 0 Å². The largest absolute Gasteiger partial charge is 0.374 e. The van der Waals surface area contributed by atoms with E-state index >= 15 is 0 Å². The first-order valence-electron chi connectivity index (χ1n) is 8.43. The van der Waals surface area contributed by atoms with E-state index in [4.69, 9.17) is 17.5 Å². The van der Waals surface area contributed by atoms with Gasteiger partial charge in [-0.1, -0.05) is 12.1 Å². The van der Waals surface area contributed by atoms with Crippen LogP contribution in [0.4, 0.5) is 5.69 Å². The molecule has 9 heteroatoms. The van der Waals surface area contributed by atoms with Crippen LogP contribution in [-0.4, -0.2) is 44.5 Å². The van der Waals surface area contributed by atoms with E-state index in [0.29, 0.717) is 23.7 Å².